The summed E-state index contributed by atoms with van der Waals surface area (Å²) in [6.07, 6.45) is 16.2. The Bertz CT molecular complexity index is 234. The summed E-state index contributed by atoms with van der Waals surface area (Å²) in [6.45, 7) is 2.31. The van der Waals surface area contributed by atoms with E-state index in [2.05, 4.69) is 5.32 Å². The number of carbonyl (C=O) groups is 1. The molecular weight excluding hydrogens is 278 g/mol. The molecule has 132 valence electrons. The van der Waals surface area contributed by atoms with Gasteiger partial charge in [0.25, 0.3) is 0 Å². The summed E-state index contributed by atoms with van der Waals surface area (Å²) >= 11 is 0. The molecule has 22 heavy (non-hydrogen) atoms. The van der Waals surface area contributed by atoms with Gasteiger partial charge in [0.15, 0.2) is 0 Å². The van der Waals surface area contributed by atoms with Crippen LogP contribution in [0.25, 0.3) is 0 Å². The van der Waals surface area contributed by atoms with Crippen LogP contribution < -0.4 is 5.32 Å². The van der Waals surface area contributed by atoms with Crippen molar-refractivity contribution >= 4 is 5.97 Å². The van der Waals surface area contributed by atoms with E-state index in [0.29, 0.717) is 6.42 Å². The van der Waals surface area contributed by atoms with E-state index in [1.54, 1.807) is 0 Å². The number of carboxylic acids is 1. The van der Waals surface area contributed by atoms with Gasteiger partial charge >= 0.3 is 5.97 Å². The van der Waals surface area contributed by atoms with Gasteiger partial charge in [-0.2, -0.15) is 0 Å². The first-order valence-corrected chi connectivity index (χ1v) is 9.30. The molecule has 0 heterocycles. The molecule has 0 bridgehead atoms. The molecule has 3 N–H and O–H groups in total. The van der Waals surface area contributed by atoms with Crippen LogP contribution >= 0.6 is 0 Å². The smallest absolute Gasteiger partial charge is 0.303 e. The lowest BCUT2D eigenvalue weighted by atomic mass is 10.0. The van der Waals surface area contributed by atoms with Crippen molar-refractivity contribution in [2.45, 2.75) is 89.9 Å². The van der Waals surface area contributed by atoms with Gasteiger partial charge in [-0.3, -0.25) is 4.79 Å². The second-order valence-corrected chi connectivity index (χ2v) is 6.21. The first-order valence-electron chi connectivity index (χ1n) is 9.30. The van der Waals surface area contributed by atoms with Gasteiger partial charge in [-0.15, -0.1) is 0 Å². The van der Waals surface area contributed by atoms with Crippen molar-refractivity contribution in [3.05, 3.63) is 0 Å². The van der Waals surface area contributed by atoms with Crippen molar-refractivity contribution < 1.29 is 15.0 Å². The van der Waals surface area contributed by atoms with E-state index in [1.807, 2.05) is 0 Å². The van der Waals surface area contributed by atoms with Crippen LogP contribution in [0.2, 0.25) is 0 Å². The molecule has 0 saturated heterocycles. The lowest BCUT2D eigenvalue weighted by molar-refractivity contribution is -0.137. The van der Waals surface area contributed by atoms with Crippen LogP contribution in [-0.2, 0) is 4.79 Å². The van der Waals surface area contributed by atoms with Gasteiger partial charge in [0.1, 0.15) is 0 Å². The minimum absolute atomic E-state index is 0.287. The van der Waals surface area contributed by atoms with Crippen LogP contribution in [0.3, 0.4) is 0 Å². The van der Waals surface area contributed by atoms with Crippen molar-refractivity contribution in [1.82, 2.24) is 5.32 Å². The molecule has 0 rings (SSSR count). The van der Waals surface area contributed by atoms with Crippen molar-refractivity contribution in [2.75, 3.05) is 19.7 Å². The van der Waals surface area contributed by atoms with E-state index in [0.717, 1.165) is 32.4 Å². The van der Waals surface area contributed by atoms with Crippen LogP contribution in [-0.4, -0.2) is 35.9 Å². The number of hydrogen-bond acceptors (Lipinski definition) is 3. The fourth-order valence-corrected chi connectivity index (χ4v) is 2.62. The van der Waals surface area contributed by atoms with Gasteiger partial charge in [-0.25, -0.2) is 0 Å². The Morgan fingerprint density at radius 3 is 1.50 bits per heavy atom. The number of unbranched alkanes of at least 4 members (excludes halogenated alkanes) is 11. The maximum atomic E-state index is 10.3. The maximum Gasteiger partial charge on any atom is 0.303 e. The fraction of sp³-hybridized carbons (Fsp3) is 0.944. The van der Waals surface area contributed by atoms with E-state index in [9.17, 15) is 4.79 Å². The Kier molecular flexibility index (Phi) is 17.9. The van der Waals surface area contributed by atoms with E-state index < -0.39 is 5.97 Å². The zero-order chi connectivity index (χ0) is 16.3. The van der Waals surface area contributed by atoms with Crippen LogP contribution in [0.4, 0.5) is 0 Å². The van der Waals surface area contributed by atoms with Gasteiger partial charge in [-0.05, 0) is 32.4 Å². The molecule has 0 aromatic carbocycles. The predicted octanol–water partition coefficient (Wildman–Crippen LogP) is 4.11. The van der Waals surface area contributed by atoms with Gasteiger partial charge in [-0.1, -0.05) is 64.2 Å². The zero-order valence-corrected chi connectivity index (χ0v) is 14.3. The lowest BCUT2D eigenvalue weighted by Gasteiger charge is -2.04. The van der Waals surface area contributed by atoms with E-state index in [-0.39, 0.29) is 6.61 Å². The highest BCUT2D eigenvalue weighted by Gasteiger charge is 1.97. The Hall–Kier alpha value is -0.610. The average Bonchev–Trinajstić information content (AvgIpc) is 2.50. The van der Waals surface area contributed by atoms with Crippen molar-refractivity contribution in [1.29, 1.82) is 0 Å². The molecule has 0 unspecified atom stereocenters. The SMILES string of the molecule is O=C(O)CCCCCCCCCCCCCCNCCCO. The molecule has 4 heteroatoms. The molecule has 0 aliphatic heterocycles. The predicted molar refractivity (Wildman–Crippen MR) is 92.2 cm³/mol. The Labute approximate surface area is 136 Å². The number of hydrogen-bond donors (Lipinski definition) is 3. The zero-order valence-electron chi connectivity index (χ0n) is 14.3. The Morgan fingerprint density at radius 1 is 0.636 bits per heavy atom. The van der Waals surface area contributed by atoms with Gasteiger partial charge in [0, 0.05) is 13.0 Å². The van der Waals surface area contributed by atoms with Crippen LogP contribution in [0.1, 0.15) is 89.9 Å². The third kappa shape index (κ3) is 19.4. The quantitative estimate of drug-likeness (QED) is 0.333. The highest BCUT2D eigenvalue weighted by molar-refractivity contribution is 5.66. The normalized spacial score (nSPS) is 11.0. The third-order valence-corrected chi connectivity index (χ3v) is 4.01. The van der Waals surface area contributed by atoms with E-state index in [4.69, 9.17) is 10.2 Å². The van der Waals surface area contributed by atoms with Crippen molar-refractivity contribution in [3.8, 4) is 0 Å². The number of aliphatic hydroxyl groups excluding tert-OH is 1. The van der Waals surface area contributed by atoms with Crippen LogP contribution in [0.15, 0.2) is 0 Å². The molecule has 0 radical (unpaired) electrons. The minimum atomic E-state index is -0.666. The average molecular weight is 315 g/mol. The molecule has 0 spiro atoms. The molecular formula is C18H37NO3. The molecule has 0 saturated carbocycles. The van der Waals surface area contributed by atoms with Crippen LogP contribution in [0.5, 0.6) is 0 Å². The summed E-state index contributed by atoms with van der Waals surface area (Å²) in [5.74, 6) is -0.666. The molecule has 0 aliphatic rings. The summed E-state index contributed by atoms with van der Waals surface area (Å²) in [6, 6.07) is 0. The van der Waals surface area contributed by atoms with Crippen molar-refractivity contribution in [2.24, 2.45) is 0 Å². The monoisotopic (exact) mass is 315 g/mol. The summed E-state index contributed by atoms with van der Waals surface area (Å²) < 4.78 is 0. The number of nitrogens with one attached hydrogen (secondary N) is 1. The second kappa shape index (κ2) is 18.4. The maximum absolute atomic E-state index is 10.3. The van der Waals surface area contributed by atoms with Crippen LogP contribution in [0, 0.1) is 0 Å². The largest absolute Gasteiger partial charge is 0.481 e. The molecule has 0 aromatic heterocycles. The van der Waals surface area contributed by atoms with E-state index >= 15 is 0 Å². The Morgan fingerprint density at radius 2 is 1.05 bits per heavy atom. The van der Waals surface area contributed by atoms with E-state index in [1.165, 1.54) is 64.2 Å². The summed E-state index contributed by atoms with van der Waals surface area (Å²) in [4.78, 5) is 10.3. The number of aliphatic hydroxyl groups is 1. The number of aliphatic carboxylic acids is 1. The molecule has 0 aliphatic carbocycles. The molecule has 0 fully saturated rings. The van der Waals surface area contributed by atoms with Gasteiger partial charge in [0.2, 0.25) is 0 Å². The topological polar surface area (TPSA) is 69.6 Å². The van der Waals surface area contributed by atoms with Gasteiger partial charge in [0.05, 0.1) is 0 Å². The second-order valence-electron chi connectivity index (χ2n) is 6.21. The summed E-state index contributed by atoms with van der Waals surface area (Å²) in [5.41, 5.74) is 0. The summed E-state index contributed by atoms with van der Waals surface area (Å²) in [7, 11) is 0. The van der Waals surface area contributed by atoms with Crippen molar-refractivity contribution in [3.63, 3.8) is 0 Å². The number of rotatable bonds is 18. The lowest BCUT2D eigenvalue weighted by Crippen LogP contribution is -2.17. The molecule has 0 atom stereocenters. The third-order valence-electron chi connectivity index (χ3n) is 4.01. The molecule has 0 aromatic rings. The first kappa shape index (κ1) is 21.4. The molecule has 4 nitrogen and oxygen atoms in total. The fourth-order valence-electron chi connectivity index (χ4n) is 2.62. The minimum Gasteiger partial charge on any atom is -0.481 e. The Balaban J connectivity index is 2.95. The standard InChI is InChI=1S/C18H37NO3/c20-17-13-16-19-15-12-10-8-6-4-2-1-3-5-7-9-11-14-18(21)22/h19-20H,1-17H2,(H,21,22). The summed E-state index contributed by atoms with van der Waals surface area (Å²) in [5, 5.41) is 20.5. The highest BCUT2D eigenvalue weighted by atomic mass is 16.4. The highest BCUT2D eigenvalue weighted by Crippen LogP contribution is 2.12. The first-order chi connectivity index (χ1) is 10.8. The van der Waals surface area contributed by atoms with Gasteiger partial charge < -0.3 is 15.5 Å². The molecule has 0 amide bonds. The number of carboxylic acid groups (broad SMARTS) is 1.